The Hall–Kier alpha value is -0.850. The quantitative estimate of drug-likeness (QED) is 0.678. The average Bonchev–Trinajstić information content (AvgIpc) is 2.27. The van der Waals surface area contributed by atoms with E-state index in [2.05, 4.69) is 16.0 Å². The first kappa shape index (κ1) is 19.1. The summed E-state index contributed by atoms with van der Waals surface area (Å²) in [6, 6.07) is 0. The topological polar surface area (TPSA) is 79.5 Å². The molecule has 1 heterocycles. The van der Waals surface area contributed by atoms with Gasteiger partial charge in [-0.25, -0.2) is 0 Å². The Morgan fingerprint density at radius 2 is 2.00 bits per heavy atom. The molecule has 3 N–H and O–H groups in total. The maximum atomic E-state index is 11.6. The normalized spacial score (nSPS) is 18.9. The maximum absolute atomic E-state index is 11.6. The summed E-state index contributed by atoms with van der Waals surface area (Å²) >= 11 is 0. The smallest absolute Gasteiger partial charge is 0.222 e. The third kappa shape index (κ3) is 9.12. The second kappa shape index (κ2) is 9.15. The molecule has 0 bridgehead atoms. The predicted octanol–water partition coefficient (Wildman–Crippen LogP) is 0.208. The van der Waals surface area contributed by atoms with Gasteiger partial charge in [0.05, 0.1) is 19.1 Å². The van der Waals surface area contributed by atoms with Crippen LogP contribution in [0.1, 0.15) is 33.6 Å². The number of halogens is 1. The molecule has 1 atom stereocenters. The van der Waals surface area contributed by atoms with Crippen LogP contribution >= 0.6 is 12.4 Å². The molecule has 1 saturated heterocycles. The first-order valence-corrected chi connectivity index (χ1v) is 6.77. The summed E-state index contributed by atoms with van der Waals surface area (Å²) in [6.07, 6.45) is 0.581. The van der Waals surface area contributed by atoms with Crippen LogP contribution in [-0.2, 0) is 14.3 Å². The standard InChI is InChI=1S/C13H25N3O3.ClH/c1-13(2,3)16-11(17)4-5-15-12(18)8-10-9-14-6-7-19-10;/h10,14H,4-9H2,1-3H3,(H,15,18)(H,16,17);1H. The molecule has 0 aromatic rings. The average molecular weight is 308 g/mol. The zero-order valence-electron chi connectivity index (χ0n) is 12.5. The highest BCUT2D eigenvalue weighted by Crippen LogP contribution is 2.01. The van der Waals surface area contributed by atoms with Crippen LogP contribution < -0.4 is 16.0 Å². The largest absolute Gasteiger partial charge is 0.375 e. The zero-order chi connectivity index (χ0) is 14.3. The molecule has 2 amide bonds. The lowest BCUT2D eigenvalue weighted by Crippen LogP contribution is -2.43. The van der Waals surface area contributed by atoms with Gasteiger partial charge in [-0.1, -0.05) is 0 Å². The zero-order valence-corrected chi connectivity index (χ0v) is 13.3. The van der Waals surface area contributed by atoms with E-state index in [4.69, 9.17) is 4.74 Å². The summed E-state index contributed by atoms with van der Waals surface area (Å²) in [6.45, 7) is 8.33. The van der Waals surface area contributed by atoms with Crippen LogP contribution in [0.4, 0.5) is 0 Å². The fourth-order valence-electron chi connectivity index (χ4n) is 1.83. The number of carbonyl (C=O) groups excluding carboxylic acids is 2. The number of nitrogens with one attached hydrogen (secondary N) is 3. The van der Waals surface area contributed by atoms with E-state index in [0.29, 0.717) is 32.5 Å². The molecule has 20 heavy (non-hydrogen) atoms. The van der Waals surface area contributed by atoms with Gasteiger partial charge in [-0.15, -0.1) is 12.4 Å². The minimum Gasteiger partial charge on any atom is -0.375 e. The molecule has 0 aromatic heterocycles. The highest BCUT2D eigenvalue weighted by Gasteiger charge is 2.17. The van der Waals surface area contributed by atoms with Gasteiger partial charge in [0, 0.05) is 31.6 Å². The van der Waals surface area contributed by atoms with Gasteiger partial charge < -0.3 is 20.7 Å². The van der Waals surface area contributed by atoms with Gasteiger partial charge in [-0.2, -0.15) is 0 Å². The molecule has 1 aliphatic rings. The molecule has 0 saturated carbocycles. The van der Waals surface area contributed by atoms with Crippen molar-refractivity contribution in [2.24, 2.45) is 0 Å². The minimum absolute atomic E-state index is 0. The van der Waals surface area contributed by atoms with Crippen molar-refractivity contribution in [3.63, 3.8) is 0 Å². The third-order valence-corrected chi connectivity index (χ3v) is 2.61. The van der Waals surface area contributed by atoms with E-state index >= 15 is 0 Å². The summed E-state index contributed by atoms with van der Waals surface area (Å²) in [7, 11) is 0. The Bertz CT molecular complexity index is 312. The Labute approximate surface area is 126 Å². The first-order valence-electron chi connectivity index (χ1n) is 6.77. The van der Waals surface area contributed by atoms with Crippen LogP contribution in [0.2, 0.25) is 0 Å². The molecule has 1 rings (SSSR count). The van der Waals surface area contributed by atoms with Gasteiger partial charge in [0.25, 0.3) is 0 Å². The van der Waals surface area contributed by atoms with Crippen molar-refractivity contribution in [2.45, 2.75) is 45.3 Å². The van der Waals surface area contributed by atoms with E-state index in [1.54, 1.807) is 0 Å². The molecule has 0 radical (unpaired) electrons. The van der Waals surface area contributed by atoms with E-state index < -0.39 is 0 Å². The van der Waals surface area contributed by atoms with Crippen molar-refractivity contribution in [3.8, 4) is 0 Å². The minimum atomic E-state index is -0.233. The van der Waals surface area contributed by atoms with Crippen LogP contribution in [0.15, 0.2) is 0 Å². The Balaban J connectivity index is 0.00000361. The number of rotatable bonds is 5. The lowest BCUT2D eigenvalue weighted by atomic mass is 10.1. The second-order valence-corrected chi connectivity index (χ2v) is 5.80. The highest BCUT2D eigenvalue weighted by molar-refractivity contribution is 5.85. The summed E-state index contributed by atoms with van der Waals surface area (Å²) in [5, 5.41) is 8.76. The number of hydrogen-bond acceptors (Lipinski definition) is 4. The Kier molecular flexibility index (Phi) is 8.76. The number of ether oxygens (including phenoxy) is 1. The molecule has 6 nitrogen and oxygen atoms in total. The van der Waals surface area contributed by atoms with Crippen molar-refractivity contribution >= 4 is 24.2 Å². The predicted molar refractivity (Wildman–Crippen MR) is 80.0 cm³/mol. The molecule has 7 heteroatoms. The number of morpholine rings is 1. The van der Waals surface area contributed by atoms with Crippen LogP contribution in [0.3, 0.4) is 0 Å². The molecule has 0 aliphatic carbocycles. The maximum Gasteiger partial charge on any atom is 0.222 e. The first-order chi connectivity index (χ1) is 8.87. The lowest BCUT2D eigenvalue weighted by molar-refractivity contribution is -0.125. The number of amides is 2. The molecule has 0 spiro atoms. The van der Waals surface area contributed by atoms with Gasteiger partial charge in [-0.05, 0) is 20.8 Å². The summed E-state index contributed by atoms with van der Waals surface area (Å²) in [5.74, 6) is -0.124. The van der Waals surface area contributed by atoms with Crippen molar-refractivity contribution in [1.82, 2.24) is 16.0 Å². The Morgan fingerprint density at radius 1 is 1.30 bits per heavy atom. The molecular weight excluding hydrogens is 282 g/mol. The fourth-order valence-corrected chi connectivity index (χ4v) is 1.83. The number of carbonyl (C=O) groups is 2. The van der Waals surface area contributed by atoms with Gasteiger partial charge >= 0.3 is 0 Å². The molecule has 1 fully saturated rings. The van der Waals surface area contributed by atoms with Crippen LogP contribution in [0.5, 0.6) is 0 Å². The van der Waals surface area contributed by atoms with E-state index in [1.165, 1.54) is 0 Å². The van der Waals surface area contributed by atoms with Crippen molar-refractivity contribution in [2.75, 3.05) is 26.2 Å². The van der Waals surface area contributed by atoms with Gasteiger partial charge in [0.1, 0.15) is 0 Å². The van der Waals surface area contributed by atoms with Crippen molar-refractivity contribution < 1.29 is 14.3 Å². The summed E-state index contributed by atoms with van der Waals surface area (Å²) < 4.78 is 5.44. The molecule has 1 unspecified atom stereocenters. The molecule has 118 valence electrons. The number of hydrogen-bond donors (Lipinski definition) is 3. The molecule has 0 aromatic carbocycles. The van der Waals surface area contributed by atoms with E-state index in [1.807, 2.05) is 20.8 Å². The van der Waals surface area contributed by atoms with Gasteiger partial charge in [-0.3, -0.25) is 9.59 Å². The van der Waals surface area contributed by atoms with E-state index in [-0.39, 0.29) is 35.9 Å². The molecular formula is C13H26ClN3O3. The summed E-state index contributed by atoms with van der Waals surface area (Å²) in [5.41, 5.74) is -0.233. The molecule has 1 aliphatic heterocycles. The Morgan fingerprint density at radius 3 is 2.55 bits per heavy atom. The SMILES string of the molecule is CC(C)(C)NC(=O)CCNC(=O)CC1CNCCO1.Cl. The fraction of sp³-hybridized carbons (Fsp3) is 0.846. The van der Waals surface area contributed by atoms with Gasteiger partial charge in [0.15, 0.2) is 0 Å². The summed E-state index contributed by atoms with van der Waals surface area (Å²) in [4.78, 5) is 23.2. The van der Waals surface area contributed by atoms with Crippen LogP contribution in [0, 0.1) is 0 Å². The second-order valence-electron chi connectivity index (χ2n) is 5.80. The lowest BCUT2D eigenvalue weighted by Gasteiger charge is -2.23. The van der Waals surface area contributed by atoms with Crippen molar-refractivity contribution in [1.29, 1.82) is 0 Å². The van der Waals surface area contributed by atoms with Crippen molar-refractivity contribution in [3.05, 3.63) is 0 Å². The highest BCUT2D eigenvalue weighted by atomic mass is 35.5. The van der Waals surface area contributed by atoms with Crippen LogP contribution in [0.25, 0.3) is 0 Å². The van der Waals surface area contributed by atoms with Gasteiger partial charge in [0.2, 0.25) is 11.8 Å². The monoisotopic (exact) mass is 307 g/mol. The van der Waals surface area contributed by atoms with Crippen LogP contribution in [-0.4, -0.2) is 49.7 Å². The van der Waals surface area contributed by atoms with E-state index in [9.17, 15) is 9.59 Å². The third-order valence-electron chi connectivity index (χ3n) is 2.61. The van der Waals surface area contributed by atoms with E-state index in [0.717, 1.165) is 6.54 Å².